The van der Waals surface area contributed by atoms with Crippen LogP contribution < -0.4 is 5.32 Å². The van der Waals surface area contributed by atoms with Crippen molar-refractivity contribution in [1.82, 2.24) is 5.32 Å². The second-order valence-corrected chi connectivity index (χ2v) is 6.57. The van der Waals surface area contributed by atoms with Crippen LogP contribution >= 0.6 is 0 Å². The van der Waals surface area contributed by atoms with Crippen LogP contribution in [-0.2, 0) is 9.53 Å². The van der Waals surface area contributed by atoms with Crippen molar-refractivity contribution in [2.24, 2.45) is 5.41 Å². The molecule has 1 aromatic carbocycles. The summed E-state index contributed by atoms with van der Waals surface area (Å²) in [6.45, 7) is 0.772. The fourth-order valence-electron chi connectivity index (χ4n) is 3.71. The van der Waals surface area contributed by atoms with Gasteiger partial charge in [-0.2, -0.15) is 0 Å². The van der Waals surface area contributed by atoms with Crippen LogP contribution in [0.2, 0.25) is 0 Å². The lowest BCUT2D eigenvalue weighted by Crippen LogP contribution is -2.44. The van der Waals surface area contributed by atoms with Gasteiger partial charge in [-0.1, -0.05) is 49.6 Å². The van der Waals surface area contributed by atoms with Gasteiger partial charge in [-0.3, -0.25) is 4.79 Å². The van der Waals surface area contributed by atoms with Crippen molar-refractivity contribution >= 4 is 5.97 Å². The molecule has 114 valence electrons. The fraction of sp³-hybridized carbons (Fsp3) is 0.611. The molecule has 0 radical (unpaired) electrons. The molecule has 1 N–H and O–H groups in total. The van der Waals surface area contributed by atoms with E-state index >= 15 is 0 Å². The molecule has 2 unspecified atom stereocenters. The number of carbonyl (C=O) groups excluding carboxylic acids is 1. The molecule has 2 aliphatic rings. The van der Waals surface area contributed by atoms with E-state index in [1.807, 2.05) is 0 Å². The van der Waals surface area contributed by atoms with Crippen LogP contribution in [0.25, 0.3) is 0 Å². The fourth-order valence-corrected chi connectivity index (χ4v) is 3.71. The molecule has 2 fully saturated rings. The van der Waals surface area contributed by atoms with Crippen LogP contribution in [0.15, 0.2) is 30.3 Å². The van der Waals surface area contributed by atoms with Crippen LogP contribution in [0.5, 0.6) is 0 Å². The number of rotatable bonds is 5. The number of ether oxygens (including phenoxy) is 1. The molecule has 2 saturated carbocycles. The van der Waals surface area contributed by atoms with Crippen LogP contribution in [0.3, 0.4) is 0 Å². The maximum absolute atomic E-state index is 12.2. The average Bonchev–Trinajstić information content (AvgIpc) is 3.33. The first-order chi connectivity index (χ1) is 10.2. The number of nitrogens with one attached hydrogen (secondary N) is 1. The maximum Gasteiger partial charge on any atom is 0.313 e. The predicted octanol–water partition coefficient (Wildman–Crippen LogP) is 3.26. The van der Waals surface area contributed by atoms with Gasteiger partial charge in [-0.15, -0.1) is 0 Å². The topological polar surface area (TPSA) is 38.3 Å². The van der Waals surface area contributed by atoms with Crippen molar-refractivity contribution in [3.05, 3.63) is 35.9 Å². The van der Waals surface area contributed by atoms with Gasteiger partial charge >= 0.3 is 5.97 Å². The minimum atomic E-state index is -0.281. The van der Waals surface area contributed by atoms with Crippen LogP contribution in [0, 0.1) is 5.41 Å². The Labute approximate surface area is 127 Å². The summed E-state index contributed by atoms with van der Waals surface area (Å²) in [5, 5.41) is 3.63. The Balaban J connectivity index is 1.57. The molecule has 0 bridgehead atoms. The standard InChI is InChI=1S/C18H25NO2/c1-21-17(20)18(10-6-3-7-11-18)13-19-16-12-15(16)14-8-4-2-5-9-14/h2,4-5,8-9,15-16,19H,3,6-7,10-13H2,1H3. The van der Waals surface area contributed by atoms with E-state index in [1.165, 1.54) is 25.5 Å². The molecule has 0 amide bonds. The van der Waals surface area contributed by atoms with Gasteiger partial charge in [-0.25, -0.2) is 0 Å². The highest BCUT2D eigenvalue weighted by molar-refractivity contribution is 5.77. The number of esters is 1. The molecular formula is C18H25NO2. The van der Waals surface area contributed by atoms with Gasteiger partial charge in [0.1, 0.15) is 0 Å². The molecule has 0 spiro atoms. The molecule has 1 aromatic rings. The van der Waals surface area contributed by atoms with E-state index in [0.717, 1.165) is 32.2 Å². The summed E-state index contributed by atoms with van der Waals surface area (Å²) >= 11 is 0. The lowest BCUT2D eigenvalue weighted by Gasteiger charge is -2.34. The van der Waals surface area contributed by atoms with E-state index in [1.54, 1.807) is 0 Å². The normalized spacial score (nSPS) is 27.1. The summed E-state index contributed by atoms with van der Waals surface area (Å²) in [5.41, 5.74) is 1.13. The van der Waals surface area contributed by atoms with Crippen molar-refractivity contribution in [3.8, 4) is 0 Å². The highest BCUT2D eigenvalue weighted by Crippen LogP contribution is 2.42. The predicted molar refractivity (Wildman–Crippen MR) is 83.1 cm³/mol. The molecular weight excluding hydrogens is 262 g/mol. The van der Waals surface area contributed by atoms with Crippen molar-refractivity contribution in [1.29, 1.82) is 0 Å². The third-order valence-corrected chi connectivity index (χ3v) is 5.15. The van der Waals surface area contributed by atoms with Gasteiger partial charge < -0.3 is 10.1 Å². The maximum atomic E-state index is 12.2. The molecule has 3 rings (SSSR count). The Morgan fingerprint density at radius 3 is 2.62 bits per heavy atom. The van der Waals surface area contributed by atoms with Gasteiger partial charge in [0.2, 0.25) is 0 Å². The summed E-state index contributed by atoms with van der Waals surface area (Å²) < 4.78 is 5.08. The lowest BCUT2D eigenvalue weighted by molar-refractivity contribution is -0.154. The molecule has 2 aliphatic carbocycles. The number of benzene rings is 1. The lowest BCUT2D eigenvalue weighted by atomic mass is 9.74. The first-order valence-corrected chi connectivity index (χ1v) is 8.12. The zero-order valence-corrected chi connectivity index (χ0v) is 12.8. The Morgan fingerprint density at radius 1 is 1.24 bits per heavy atom. The van der Waals surface area contributed by atoms with Crippen molar-refractivity contribution in [3.63, 3.8) is 0 Å². The quantitative estimate of drug-likeness (QED) is 0.845. The zero-order chi connectivity index (χ0) is 14.7. The zero-order valence-electron chi connectivity index (χ0n) is 12.8. The Hall–Kier alpha value is -1.35. The molecule has 3 heteroatoms. The van der Waals surface area contributed by atoms with Gasteiger partial charge in [0.05, 0.1) is 12.5 Å². The number of carbonyl (C=O) groups is 1. The van der Waals surface area contributed by atoms with Crippen LogP contribution in [0.4, 0.5) is 0 Å². The molecule has 0 saturated heterocycles. The monoisotopic (exact) mass is 287 g/mol. The molecule has 2 atom stereocenters. The van der Waals surface area contributed by atoms with E-state index in [2.05, 4.69) is 35.6 Å². The minimum Gasteiger partial charge on any atom is -0.469 e. The third kappa shape index (κ3) is 3.13. The summed E-state index contributed by atoms with van der Waals surface area (Å²) in [6.07, 6.45) is 6.65. The minimum absolute atomic E-state index is 0.0217. The first kappa shape index (κ1) is 14.6. The SMILES string of the molecule is COC(=O)C1(CNC2CC2c2ccccc2)CCCCC1. The van der Waals surface area contributed by atoms with E-state index < -0.39 is 0 Å². The molecule has 0 aromatic heterocycles. The molecule has 3 nitrogen and oxygen atoms in total. The van der Waals surface area contributed by atoms with Gasteiger partial charge in [0.15, 0.2) is 0 Å². The van der Waals surface area contributed by atoms with Gasteiger partial charge in [-0.05, 0) is 24.8 Å². The molecule has 21 heavy (non-hydrogen) atoms. The summed E-state index contributed by atoms with van der Waals surface area (Å²) in [6, 6.07) is 11.2. The Kier molecular flexibility index (Phi) is 4.29. The van der Waals surface area contributed by atoms with E-state index in [4.69, 9.17) is 4.74 Å². The van der Waals surface area contributed by atoms with E-state index in [9.17, 15) is 4.79 Å². The number of methoxy groups -OCH3 is 1. The second kappa shape index (κ2) is 6.18. The van der Waals surface area contributed by atoms with Crippen LogP contribution in [0.1, 0.15) is 50.0 Å². The van der Waals surface area contributed by atoms with Crippen molar-refractivity contribution in [2.45, 2.75) is 50.5 Å². The largest absolute Gasteiger partial charge is 0.469 e. The Bertz CT molecular complexity index is 479. The second-order valence-electron chi connectivity index (χ2n) is 6.57. The van der Waals surface area contributed by atoms with E-state index in [0.29, 0.717) is 12.0 Å². The average molecular weight is 287 g/mol. The van der Waals surface area contributed by atoms with Crippen molar-refractivity contribution in [2.75, 3.05) is 13.7 Å². The third-order valence-electron chi connectivity index (χ3n) is 5.15. The first-order valence-electron chi connectivity index (χ1n) is 8.12. The molecule has 0 aliphatic heterocycles. The van der Waals surface area contributed by atoms with Crippen molar-refractivity contribution < 1.29 is 9.53 Å². The smallest absolute Gasteiger partial charge is 0.313 e. The number of hydrogen-bond donors (Lipinski definition) is 1. The summed E-state index contributed by atoms with van der Waals surface area (Å²) in [5.74, 6) is 0.594. The van der Waals surface area contributed by atoms with Gasteiger partial charge in [0.25, 0.3) is 0 Å². The highest BCUT2D eigenvalue weighted by atomic mass is 16.5. The van der Waals surface area contributed by atoms with Gasteiger partial charge in [0, 0.05) is 18.5 Å². The van der Waals surface area contributed by atoms with E-state index in [-0.39, 0.29) is 11.4 Å². The molecule has 0 heterocycles. The van der Waals surface area contributed by atoms with Crippen LogP contribution in [-0.4, -0.2) is 25.7 Å². The summed E-state index contributed by atoms with van der Waals surface area (Å²) in [7, 11) is 1.52. The summed E-state index contributed by atoms with van der Waals surface area (Å²) in [4.78, 5) is 12.2. The Morgan fingerprint density at radius 2 is 1.95 bits per heavy atom. The number of hydrogen-bond acceptors (Lipinski definition) is 3. The highest BCUT2D eigenvalue weighted by Gasteiger charge is 2.44.